The molecule has 0 aromatic heterocycles. The van der Waals surface area contributed by atoms with Crippen molar-refractivity contribution in [3.8, 4) is 5.75 Å². The number of rotatable bonds is 3. The van der Waals surface area contributed by atoms with E-state index in [1.807, 2.05) is 0 Å². The summed E-state index contributed by atoms with van der Waals surface area (Å²) >= 11 is 15.4. The molecule has 1 atom stereocenters. The molecule has 2 aromatic carbocycles. The van der Waals surface area contributed by atoms with Gasteiger partial charge in [0.05, 0.1) is 17.2 Å². The molecule has 5 heteroatoms. The lowest BCUT2D eigenvalue weighted by atomic mass is 10.0. The van der Waals surface area contributed by atoms with E-state index in [0.29, 0.717) is 26.9 Å². The van der Waals surface area contributed by atoms with Crippen LogP contribution in [0.25, 0.3) is 0 Å². The van der Waals surface area contributed by atoms with Crippen LogP contribution in [-0.2, 0) is 0 Å². The number of aliphatic hydroxyl groups is 1. The number of aliphatic hydroxyl groups excluding tert-OH is 1. The van der Waals surface area contributed by atoms with Crippen LogP contribution in [0.15, 0.2) is 40.9 Å². The Bertz CT molecular complexity index is 602. The summed E-state index contributed by atoms with van der Waals surface area (Å²) in [5, 5.41) is 11.3. The molecule has 2 nitrogen and oxygen atoms in total. The van der Waals surface area contributed by atoms with E-state index in [1.165, 1.54) is 0 Å². The molecule has 100 valence electrons. The second-order valence-electron chi connectivity index (χ2n) is 3.97. The first kappa shape index (κ1) is 14.7. The lowest BCUT2D eigenvalue weighted by molar-refractivity contribution is 0.220. The predicted octanol–water partition coefficient (Wildman–Crippen LogP) is 4.85. The molecular formula is C14H11BrCl2O2. The first-order chi connectivity index (χ1) is 9.02. The van der Waals surface area contributed by atoms with Crippen LogP contribution in [0, 0.1) is 0 Å². The van der Waals surface area contributed by atoms with Gasteiger partial charge in [0.2, 0.25) is 0 Å². The van der Waals surface area contributed by atoms with Crippen molar-refractivity contribution in [2.75, 3.05) is 7.11 Å². The lowest BCUT2D eigenvalue weighted by Gasteiger charge is -2.13. The highest BCUT2D eigenvalue weighted by molar-refractivity contribution is 9.10. The van der Waals surface area contributed by atoms with Crippen molar-refractivity contribution >= 4 is 39.1 Å². The fourth-order valence-electron chi connectivity index (χ4n) is 1.73. The van der Waals surface area contributed by atoms with Gasteiger partial charge in [-0.25, -0.2) is 0 Å². The first-order valence-electron chi connectivity index (χ1n) is 5.49. The van der Waals surface area contributed by atoms with Crippen molar-refractivity contribution in [1.82, 2.24) is 0 Å². The molecule has 0 saturated carbocycles. The molecule has 0 aliphatic heterocycles. The predicted molar refractivity (Wildman–Crippen MR) is 81.2 cm³/mol. The number of ether oxygens (including phenoxy) is 1. The van der Waals surface area contributed by atoms with E-state index >= 15 is 0 Å². The Balaban J connectivity index is 2.35. The Hall–Kier alpha value is -0.740. The van der Waals surface area contributed by atoms with Gasteiger partial charge in [0.15, 0.2) is 0 Å². The van der Waals surface area contributed by atoms with Crippen LogP contribution >= 0.6 is 39.1 Å². The maximum absolute atomic E-state index is 10.3. The van der Waals surface area contributed by atoms with Crippen molar-refractivity contribution in [2.45, 2.75) is 6.10 Å². The zero-order valence-electron chi connectivity index (χ0n) is 10.0. The maximum Gasteiger partial charge on any atom is 0.137 e. The first-order valence-corrected chi connectivity index (χ1v) is 7.04. The molecule has 2 aromatic rings. The Morgan fingerprint density at radius 3 is 2.16 bits per heavy atom. The Kier molecular flexibility index (Phi) is 4.74. The maximum atomic E-state index is 10.3. The molecule has 0 aliphatic carbocycles. The SMILES string of the molecule is COc1ccc(C(O)c2ccc(Br)c(Cl)c2)cc1Cl. The average Bonchev–Trinajstić information content (AvgIpc) is 2.41. The van der Waals surface area contributed by atoms with E-state index in [0.717, 1.165) is 4.47 Å². The van der Waals surface area contributed by atoms with Crippen LogP contribution in [0.1, 0.15) is 17.2 Å². The van der Waals surface area contributed by atoms with Gasteiger partial charge in [-0.15, -0.1) is 0 Å². The van der Waals surface area contributed by atoms with Crippen LogP contribution in [0.3, 0.4) is 0 Å². The highest BCUT2D eigenvalue weighted by Crippen LogP contribution is 2.32. The number of halogens is 3. The minimum Gasteiger partial charge on any atom is -0.495 e. The topological polar surface area (TPSA) is 29.5 Å². The summed E-state index contributed by atoms with van der Waals surface area (Å²) in [7, 11) is 1.55. The number of hydrogen-bond acceptors (Lipinski definition) is 2. The molecule has 2 rings (SSSR count). The normalized spacial score (nSPS) is 12.3. The molecule has 19 heavy (non-hydrogen) atoms. The molecule has 0 fully saturated rings. The second-order valence-corrected chi connectivity index (χ2v) is 5.64. The summed E-state index contributed by atoms with van der Waals surface area (Å²) in [6.07, 6.45) is -0.783. The second kappa shape index (κ2) is 6.14. The summed E-state index contributed by atoms with van der Waals surface area (Å²) in [5.41, 5.74) is 1.39. The van der Waals surface area contributed by atoms with Gasteiger partial charge in [0.25, 0.3) is 0 Å². The largest absolute Gasteiger partial charge is 0.495 e. The highest BCUT2D eigenvalue weighted by atomic mass is 79.9. The van der Waals surface area contributed by atoms with Gasteiger partial charge in [-0.3, -0.25) is 0 Å². The molecule has 0 amide bonds. The van der Waals surface area contributed by atoms with Gasteiger partial charge in [-0.2, -0.15) is 0 Å². The monoisotopic (exact) mass is 360 g/mol. The van der Waals surface area contributed by atoms with Crippen LogP contribution in [0.4, 0.5) is 0 Å². The average molecular weight is 362 g/mol. The standard InChI is InChI=1S/C14H11BrCl2O2/c1-19-13-5-3-9(7-12(13)17)14(18)8-2-4-10(15)11(16)6-8/h2-7,14,18H,1H3. The third-order valence-electron chi connectivity index (χ3n) is 2.75. The molecule has 0 saturated heterocycles. The number of methoxy groups -OCH3 is 1. The van der Waals surface area contributed by atoms with Crippen LogP contribution in [-0.4, -0.2) is 12.2 Å². The lowest BCUT2D eigenvalue weighted by Crippen LogP contribution is -2.00. The molecule has 0 radical (unpaired) electrons. The molecular weight excluding hydrogens is 351 g/mol. The van der Waals surface area contributed by atoms with Gasteiger partial charge in [0.1, 0.15) is 11.9 Å². The minimum absolute atomic E-state index is 0.460. The van der Waals surface area contributed by atoms with Gasteiger partial charge in [-0.05, 0) is 51.3 Å². The summed E-state index contributed by atoms with van der Waals surface area (Å²) in [4.78, 5) is 0. The Labute approximate surface area is 130 Å². The van der Waals surface area contributed by atoms with Crippen molar-refractivity contribution in [2.24, 2.45) is 0 Å². The smallest absolute Gasteiger partial charge is 0.137 e. The minimum atomic E-state index is -0.783. The third kappa shape index (κ3) is 3.23. The van der Waals surface area contributed by atoms with Crippen molar-refractivity contribution < 1.29 is 9.84 Å². The fourth-order valence-corrected chi connectivity index (χ4v) is 2.43. The van der Waals surface area contributed by atoms with E-state index in [9.17, 15) is 5.11 Å². The molecule has 0 bridgehead atoms. The van der Waals surface area contributed by atoms with E-state index in [4.69, 9.17) is 27.9 Å². The summed E-state index contributed by atoms with van der Waals surface area (Å²) in [6.45, 7) is 0. The van der Waals surface area contributed by atoms with Gasteiger partial charge in [0, 0.05) is 4.47 Å². The number of hydrogen-bond donors (Lipinski definition) is 1. The quantitative estimate of drug-likeness (QED) is 0.846. The summed E-state index contributed by atoms with van der Waals surface area (Å²) in [5.74, 6) is 0.575. The third-order valence-corrected chi connectivity index (χ3v) is 4.28. The van der Waals surface area contributed by atoms with Crippen LogP contribution in [0.5, 0.6) is 5.75 Å². The van der Waals surface area contributed by atoms with Gasteiger partial charge in [-0.1, -0.05) is 35.3 Å². The van der Waals surface area contributed by atoms with Crippen LogP contribution in [0.2, 0.25) is 10.0 Å². The molecule has 1 N–H and O–H groups in total. The summed E-state index contributed by atoms with van der Waals surface area (Å²) in [6, 6.07) is 10.5. The van der Waals surface area contributed by atoms with E-state index < -0.39 is 6.10 Å². The van der Waals surface area contributed by atoms with Gasteiger partial charge >= 0.3 is 0 Å². The molecule has 1 unspecified atom stereocenters. The Morgan fingerprint density at radius 2 is 1.63 bits per heavy atom. The molecule has 0 aliphatic rings. The fraction of sp³-hybridized carbons (Fsp3) is 0.143. The highest BCUT2D eigenvalue weighted by Gasteiger charge is 2.13. The molecule has 0 spiro atoms. The summed E-state index contributed by atoms with van der Waals surface area (Å²) < 4.78 is 5.87. The van der Waals surface area contributed by atoms with E-state index in [1.54, 1.807) is 43.5 Å². The Morgan fingerprint density at radius 1 is 1.05 bits per heavy atom. The number of benzene rings is 2. The zero-order chi connectivity index (χ0) is 14.0. The van der Waals surface area contributed by atoms with Crippen molar-refractivity contribution in [3.05, 3.63) is 62.0 Å². The van der Waals surface area contributed by atoms with Crippen molar-refractivity contribution in [3.63, 3.8) is 0 Å². The van der Waals surface area contributed by atoms with E-state index in [-0.39, 0.29) is 0 Å². The van der Waals surface area contributed by atoms with Crippen LogP contribution < -0.4 is 4.74 Å². The molecule has 0 heterocycles. The van der Waals surface area contributed by atoms with Crippen molar-refractivity contribution in [1.29, 1.82) is 0 Å². The van der Waals surface area contributed by atoms with E-state index in [2.05, 4.69) is 15.9 Å². The zero-order valence-corrected chi connectivity index (χ0v) is 13.1. The van der Waals surface area contributed by atoms with Gasteiger partial charge < -0.3 is 9.84 Å².